The van der Waals surface area contributed by atoms with E-state index in [4.69, 9.17) is 4.74 Å². The number of benzene rings is 2. The smallest absolute Gasteiger partial charge is 0.258 e. The van der Waals surface area contributed by atoms with Gasteiger partial charge in [0.05, 0.1) is 17.6 Å². The van der Waals surface area contributed by atoms with Gasteiger partial charge in [-0.3, -0.25) is 9.59 Å². The van der Waals surface area contributed by atoms with Crippen LogP contribution < -0.4 is 9.64 Å². The van der Waals surface area contributed by atoms with E-state index >= 15 is 0 Å². The number of hydrogen-bond acceptors (Lipinski definition) is 5. The predicted octanol–water partition coefficient (Wildman–Crippen LogP) is 2.28. The molecule has 7 heteroatoms. The lowest BCUT2D eigenvalue weighted by Crippen LogP contribution is -2.29. The zero-order valence-electron chi connectivity index (χ0n) is 13.6. The quantitative estimate of drug-likeness (QED) is 0.663. The summed E-state index contributed by atoms with van der Waals surface area (Å²) in [5, 5.41) is 8.17. The number of para-hydroxylation sites is 1. The van der Waals surface area contributed by atoms with Gasteiger partial charge in [-0.15, -0.1) is 5.10 Å². The molecule has 2 aromatic carbocycles. The van der Waals surface area contributed by atoms with Gasteiger partial charge < -0.3 is 4.74 Å². The summed E-state index contributed by atoms with van der Waals surface area (Å²) in [6.45, 7) is 0.259. The third kappa shape index (κ3) is 3.10. The van der Waals surface area contributed by atoms with Gasteiger partial charge in [0.25, 0.3) is 11.8 Å². The normalized spacial score (nSPS) is 13.5. The number of ether oxygens (including phenoxy) is 1. The summed E-state index contributed by atoms with van der Waals surface area (Å²) < 4.78 is 7.37. The van der Waals surface area contributed by atoms with Crippen molar-refractivity contribution < 1.29 is 14.3 Å². The lowest BCUT2D eigenvalue weighted by molar-refractivity contribution is -0.119. The van der Waals surface area contributed by atoms with Crippen LogP contribution in [0.1, 0.15) is 5.69 Å². The fourth-order valence-corrected chi connectivity index (χ4v) is 2.57. The Morgan fingerprint density at radius 2 is 1.54 bits per heavy atom. The summed E-state index contributed by atoms with van der Waals surface area (Å²) in [7, 11) is 0. The van der Waals surface area contributed by atoms with E-state index in [1.54, 1.807) is 35.1 Å². The minimum absolute atomic E-state index is 0.259. The SMILES string of the molecule is O=C1C=CC(=O)N1c1ccc(OCc2cn(-c3ccccc3)nn2)cc1. The summed E-state index contributed by atoms with van der Waals surface area (Å²) >= 11 is 0. The monoisotopic (exact) mass is 346 g/mol. The number of nitrogens with zero attached hydrogens (tertiary/aromatic N) is 4. The molecule has 0 fully saturated rings. The highest BCUT2D eigenvalue weighted by Crippen LogP contribution is 2.22. The molecule has 0 unspecified atom stereocenters. The average Bonchev–Trinajstić information content (AvgIpc) is 3.28. The molecule has 0 bridgehead atoms. The summed E-state index contributed by atoms with van der Waals surface area (Å²) in [6, 6.07) is 16.4. The lowest BCUT2D eigenvalue weighted by atomic mass is 10.2. The highest BCUT2D eigenvalue weighted by atomic mass is 16.5. The first kappa shape index (κ1) is 15.8. The highest BCUT2D eigenvalue weighted by Gasteiger charge is 2.24. The van der Waals surface area contributed by atoms with Crippen molar-refractivity contribution in [2.24, 2.45) is 0 Å². The molecule has 7 nitrogen and oxygen atoms in total. The second kappa shape index (κ2) is 6.64. The predicted molar refractivity (Wildman–Crippen MR) is 93.8 cm³/mol. The largest absolute Gasteiger partial charge is 0.487 e. The highest BCUT2D eigenvalue weighted by molar-refractivity contribution is 6.28. The Labute approximate surface area is 149 Å². The fraction of sp³-hybridized carbons (Fsp3) is 0.0526. The fourth-order valence-electron chi connectivity index (χ4n) is 2.57. The Bertz CT molecular complexity index is 960. The summed E-state index contributed by atoms with van der Waals surface area (Å²) in [5.41, 5.74) is 2.11. The van der Waals surface area contributed by atoms with Crippen LogP contribution in [0.5, 0.6) is 5.75 Å². The second-order valence-electron chi connectivity index (χ2n) is 5.62. The maximum Gasteiger partial charge on any atom is 0.258 e. The van der Waals surface area contributed by atoms with E-state index < -0.39 is 0 Å². The van der Waals surface area contributed by atoms with E-state index in [2.05, 4.69) is 10.3 Å². The third-order valence-corrected chi connectivity index (χ3v) is 3.85. The Balaban J connectivity index is 1.40. The van der Waals surface area contributed by atoms with Gasteiger partial charge in [-0.1, -0.05) is 23.4 Å². The maximum atomic E-state index is 11.7. The molecule has 0 spiro atoms. The molecule has 0 N–H and O–H groups in total. The molecule has 2 heterocycles. The van der Waals surface area contributed by atoms with Gasteiger partial charge in [0.1, 0.15) is 18.1 Å². The molecule has 0 saturated heterocycles. The molecule has 0 atom stereocenters. The van der Waals surface area contributed by atoms with E-state index in [-0.39, 0.29) is 18.4 Å². The van der Waals surface area contributed by atoms with Crippen LogP contribution >= 0.6 is 0 Å². The van der Waals surface area contributed by atoms with Crippen molar-refractivity contribution in [1.29, 1.82) is 0 Å². The number of rotatable bonds is 5. The Morgan fingerprint density at radius 3 is 2.23 bits per heavy atom. The minimum Gasteiger partial charge on any atom is -0.487 e. The molecule has 0 radical (unpaired) electrons. The summed E-state index contributed by atoms with van der Waals surface area (Å²) in [6.07, 6.45) is 4.31. The van der Waals surface area contributed by atoms with Crippen molar-refractivity contribution in [3.05, 3.63) is 78.6 Å². The maximum absolute atomic E-state index is 11.7. The number of carbonyl (C=O) groups is 2. The topological polar surface area (TPSA) is 77.3 Å². The number of amides is 2. The molecule has 128 valence electrons. The Morgan fingerprint density at radius 1 is 0.846 bits per heavy atom. The van der Waals surface area contributed by atoms with Crippen molar-refractivity contribution in [2.45, 2.75) is 6.61 Å². The molecule has 2 amide bonds. The van der Waals surface area contributed by atoms with Crippen LogP contribution in [0.4, 0.5) is 5.69 Å². The van der Waals surface area contributed by atoms with Gasteiger partial charge in [-0.2, -0.15) is 0 Å². The summed E-state index contributed by atoms with van der Waals surface area (Å²) in [4.78, 5) is 24.4. The molecular formula is C19H14N4O3. The molecule has 3 aromatic rings. The van der Waals surface area contributed by atoms with Crippen LogP contribution in [0, 0.1) is 0 Å². The second-order valence-corrected chi connectivity index (χ2v) is 5.62. The molecule has 1 aliphatic heterocycles. The molecule has 1 aromatic heterocycles. The van der Waals surface area contributed by atoms with Crippen LogP contribution in [0.25, 0.3) is 5.69 Å². The van der Waals surface area contributed by atoms with E-state index in [1.165, 1.54) is 12.2 Å². The standard InChI is InChI=1S/C19H14N4O3/c24-18-10-11-19(25)23(18)16-6-8-17(9-7-16)26-13-14-12-22(21-20-14)15-4-2-1-3-5-15/h1-12H,13H2. The van der Waals surface area contributed by atoms with Gasteiger partial charge in [-0.05, 0) is 36.4 Å². The van der Waals surface area contributed by atoms with Crippen LogP contribution in [0.3, 0.4) is 0 Å². The van der Waals surface area contributed by atoms with Gasteiger partial charge in [0.15, 0.2) is 0 Å². The Hall–Kier alpha value is -3.74. The summed E-state index contributed by atoms with van der Waals surface area (Å²) in [5.74, 6) is -0.0857. The van der Waals surface area contributed by atoms with Crippen LogP contribution in [0.2, 0.25) is 0 Å². The number of imide groups is 1. The van der Waals surface area contributed by atoms with Crippen molar-refractivity contribution in [3.8, 4) is 11.4 Å². The van der Waals surface area contributed by atoms with Gasteiger partial charge >= 0.3 is 0 Å². The first-order valence-electron chi connectivity index (χ1n) is 7.96. The Kier molecular flexibility index (Phi) is 4.03. The minimum atomic E-state index is -0.346. The lowest BCUT2D eigenvalue weighted by Gasteiger charge is -2.14. The molecule has 0 aliphatic carbocycles. The molecule has 4 rings (SSSR count). The van der Waals surface area contributed by atoms with E-state index in [0.29, 0.717) is 17.1 Å². The number of carbonyl (C=O) groups excluding carboxylic acids is 2. The number of hydrogen-bond donors (Lipinski definition) is 0. The third-order valence-electron chi connectivity index (χ3n) is 3.85. The van der Waals surface area contributed by atoms with Gasteiger partial charge in [-0.25, -0.2) is 9.58 Å². The van der Waals surface area contributed by atoms with Crippen LogP contribution in [0.15, 0.2) is 72.9 Å². The van der Waals surface area contributed by atoms with E-state index in [0.717, 1.165) is 10.6 Å². The first-order valence-corrected chi connectivity index (χ1v) is 7.96. The van der Waals surface area contributed by atoms with Gasteiger partial charge in [0, 0.05) is 12.2 Å². The zero-order valence-corrected chi connectivity index (χ0v) is 13.6. The van der Waals surface area contributed by atoms with Crippen molar-refractivity contribution >= 4 is 17.5 Å². The average molecular weight is 346 g/mol. The van der Waals surface area contributed by atoms with Crippen molar-refractivity contribution in [3.63, 3.8) is 0 Å². The molecular weight excluding hydrogens is 332 g/mol. The van der Waals surface area contributed by atoms with E-state index in [9.17, 15) is 9.59 Å². The van der Waals surface area contributed by atoms with Crippen LogP contribution in [-0.2, 0) is 16.2 Å². The first-order chi connectivity index (χ1) is 12.7. The van der Waals surface area contributed by atoms with Crippen molar-refractivity contribution in [1.82, 2.24) is 15.0 Å². The molecule has 26 heavy (non-hydrogen) atoms. The molecule has 0 saturated carbocycles. The van der Waals surface area contributed by atoms with Gasteiger partial charge in [0.2, 0.25) is 0 Å². The molecule has 1 aliphatic rings. The van der Waals surface area contributed by atoms with Crippen LogP contribution in [-0.4, -0.2) is 26.8 Å². The number of aromatic nitrogens is 3. The zero-order chi connectivity index (χ0) is 17.9. The van der Waals surface area contributed by atoms with E-state index in [1.807, 2.05) is 30.3 Å². The van der Waals surface area contributed by atoms with Crippen molar-refractivity contribution in [2.75, 3.05) is 4.90 Å². The number of anilines is 1.